The summed E-state index contributed by atoms with van der Waals surface area (Å²) in [5.41, 5.74) is 4.22. The quantitative estimate of drug-likeness (QED) is 0.143. The van der Waals surface area contributed by atoms with Crippen LogP contribution in [0.2, 0.25) is 0 Å². The van der Waals surface area contributed by atoms with Gasteiger partial charge in [-0.1, -0.05) is 146 Å². The second-order valence-corrected chi connectivity index (χ2v) is 15.9. The predicted molar refractivity (Wildman–Crippen MR) is 227 cm³/mol. The lowest BCUT2D eigenvalue weighted by atomic mass is 9.92. The first-order valence-corrected chi connectivity index (χ1v) is 19.1. The fourth-order valence-corrected chi connectivity index (χ4v) is 6.88. The van der Waals surface area contributed by atoms with Gasteiger partial charge in [-0.25, -0.2) is 9.59 Å². The summed E-state index contributed by atoms with van der Waals surface area (Å²) in [5.74, 6) is -0.550. The third-order valence-corrected chi connectivity index (χ3v) is 9.32. The topological polar surface area (TPSA) is 96.6 Å². The number of rotatable bonds is 8. The summed E-state index contributed by atoms with van der Waals surface area (Å²) in [6.07, 6.45) is 1.99. The maximum absolute atomic E-state index is 14.6. The van der Waals surface area contributed by atoms with E-state index in [1.54, 1.807) is 127 Å². The van der Waals surface area contributed by atoms with E-state index in [0.29, 0.717) is 55.9 Å². The molecule has 0 atom stereocenters. The molecule has 0 aliphatic rings. The molecule has 0 amide bonds. The standard InChI is InChI=1S/C50H44N2O6/c1-49(2,3)57-47(55)51-31-39(33-19-11-7-12-20-33)41(45(53)37-23-15-9-16-24-37)43(51)35-27-29-36(30-28-35)44-42(46(54)38-25-17-10-18-26-38)40(34-21-13-8-14-22-34)32-52(44)48(56)58-50(4,5)6/h7-32H,1-6H3. The van der Waals surface area contributed by atoms with E-state index in [0.717, 1.165) is 11.1 Å². The van der Waals surface area contributed by atoms with Gasteiger partial charge in [0.05, 0.1) is 22.5 Å². The molecule has 7 aromatic rings. The van der Waals surface area contributed by atoms with Crippen molar-refractivity contribution in [1.82, 2.24) is 9.13 Å². The highest BCUT2D eigenvalue weighted by Crippen LogP contribution is 2.40. The SMILES string of the molecule is CC(C)(C)OC(=O)n1cc(-c2ccccc2)c(C(=O)c2ccccc2)c1-c1ccc(-c2c(C(=O)c3ccccc3)c(-c3ccccc3)cn2C(=O)OC(C)(C)C)cc1. The van der Waals surface area contributed by atoms with Gasteiger partial charge in [0.15, 0.2) is 11.6 Å². The monoisotopic (exact) mass is 768 g/mol. The Morgan fingerprint density at radius 1 is 0.397 bits per heavy atom. The van der Waals surface area contributed by atoms with Crippen molar-refractivity contribution in [3.05, 3.63) is 180 Å². The molecule has 0 fully saturated rings. The number of nitrogens with zero attached hydrogens (tertiary/aromatic N) is 2. The Kier molecular flexibility index (Phi) is 10.7. The normalized spacial score (nSPS) is 11.6. The number of benzene rings is 5. The molecule has 58 heavy (non-hydrogen) atoms. The minimum Gasteiger partial charge on any atom is -0.443 e. The highest BCUT2D eigenvalue weighted by molar-refractivity contribution is 6.19. The minimum atomic E-state index is -0.829. The Morgan fingerprint density at radius 3 is 0.983 bits per heavy atom. The molecule has 0 spiro atoms. The van der Waals surface area contributed by atoms with Crippen molar-refractivity contribution in [2.24, 2.45) is 0 Å². The van der Waals surface area contributed by atoms with E-state index in [4.69, 9.17) is 9.47 Å². The van der Waals surface area contributed by atoms with Gasteiger partial charge in [-0.3, -0.25) is 18.7 Å². The van der Waals surface area contributed by atoms with Gasteiger partial charge < -0.3 is 9.47 Å². The van der Waals surface area contributed by atoms with Crippen LogP contribution in [0.3, 0.4) is 0 Å². The Balaban J connectivity index is 1.48. The van der Waals surface area contributed by atoms with Crippen LogP contribution >= 0.6 is 0 Å². The second-order valence-electron chi connectivity index (χ2n) is 15.9. The molecule has 2 heterocycles. The van der Waals surface area contributed by atoms with Crippen molar-refractivity contribution >= 4 is 23.8 Å². The molecule has 2 aromatic heterocycles. The summed E-state index contributed by atoms with van der Waals surface area (Å²) in [6.45, 7) is 10.7. The molecule has 0 unspecified atom stereocenters. The van der Waals surface area contributed by atoms with Gasteiger partial charge in [0.25, 0.3) is 0 Å². The van der Waals surface area contributed by atoms with E-state index in [9.17, 15) is 19.2 Å². The number of aromatic nitrogens is 2. The lowest BCUT2D eigenvalue weighted by molar-refractivity contribution is 0.0528. The van der Waals surface area contributed by atoms with E-state index in [-0.39, 0.29) is 11.6 Å². The molecule has 0 N–H and O–H groups in total. The molecular formula is C50H44N2O6. The first-order valence-electron chi connectivity index (χ1n) is 19.1. The summed E-state index contributed by atoms with van der Waals surface area (Å²) in [7, 11) is 0. The summed E-state index contributed by atoms with van der Waals surface area (Å²) in [6, 6.07) is 43.9. The zero-order valence-electron chi connectivity index (χ0n) is 33.4. The zero-order valence-corrected chi connectivity index (χ0v) is 33.4. The van der Waals surface area contributed by atoms with Crippen molar-refractivity contribution in [1.29, 1.82) is 0 Å². The van der Waals surface area contributed by atoms with E-state index in [2.05, 4.69) is 0 Å². The number of carbonyl (C=O) groups excluding carboxylic acids is 4. The average Bonchev–Trinajstić information content (AvgIpc) is 3.81. The maximum atomic E-state index is 14.6. The Labute approximate surface area is 338 Å². The van der Waals surface area contributed by atoms with Crippen molar-refractivity contribution < 1.29 is 28.7 Å². The fourth-order valence-electron chi connectivity index (χ4n) is 6.88. The summed E-state index contributed by atoms with van der Waals surface area (Å²) < 4.78 is 14.6. The third kappa shape index (κ3) is 8.22. The molecule has 0 radical (unpaired) electrons. The first-order chi connectivity index (χ1) is 27.7. The maximum Gasteiger partial charge on any atom is 0.419 e. The van der Waals surface area contributed by atoms with Crippen molar-refractivity contribution in [2.75, 3.05) is 0 Å². The lowest BCUT2D eigenvalue weighted by Crippen LogP contribution is -2.27. The average molecular weight is 769 g/mol. The molecule has 5 aromatic carbocycles. The molecule has 0 saturated carbocycles. The number of carbonyl (C=O) groups is 4. The van der Waals surface area contributed by atoms with Crippen LogP contribution in [0.25, 0.3) is 44.8 Å². The summed E-state index contributed by atoms with van der Waals surface area (Å²) >= 11 is 0. The van der Waals surface area contributed by atoms with Crippen LogP contribution in [0.5, 0.6) is 0 Å². The van der Waals surface area contributed by atoms with Crippen LogP contribution in [0, 0.1) is 0 Å². The van der Waals surface area contributed by atoms with Crippen LogP contribution in [0.4, 0.5) is 9.59 Å². The van der Waals surface area contributed by atoms with E-state index >= 15 is 0 Å². The van der Waals surface area contributed by atoms with Crippen LogP contribution in [0.1, 0.15) is 73.4 Å². The number of hydrogen-bond donors (Lipinski definition) is 0. The lowest BCUT2D eigenvalue weighted by Gasteiger charge is -2.21. The highest BCUT2D eigenvalue weighted by atomic mass is 16.6. The molecule has 290 valence electrons. The molecular weight excluding hydrogens is 725 g/mol. The van der Waals surface area contributed by atoms with Crippen LogP contribution in [0.15, 0.2) is 158 Å². The third-order valence-electron chi connectivity index (χ3n) is 9.32. The second kappa shape index (κ2) is 15.8. The molecule has 0 bridgehead atoms. The Bertz CT molecular complexity index is 2420. The van der Waals surface area contributed by atoms with E-state index in [1.165, 1.54) is 9.13 Å². The molecule has 8 heteroatoms. The van der Waals surface area contributed by atoms with Gasteiger partial charge in [0.1, 0.15) is 11.2 Å². The number of ether oxygens (including phenoxy) is 2. The largest absolute Gasteiger partial charge is 0.443 e. The molecule has 0 saturated heterocycles. The minimum absolute atomic E-state index is 0.275. The van der Waals surface area contributed by atoms with Gasteiger partial charge in [0.2, 0.25) is 0 Å². The van der Waals surface area contributed by atoms with Crippen molar-refractivity contribution in [3.63, 3.8) is 0 Å². The molecule has 0 aliphatic heterocycles. The zero-order chi connectivity index (χ0) is 41.2. The van der Waals surface area contributed by atoms with Crippen LogP contribution in [-0.2, 0) is 9.47 Å². The fraction of sp³-hybridized carbons (Fsp3) is 0.160. The van der Waals surface area contributed by atoms with Crippen molar-refractivity contribution in [2.45, 2.75) is 52.7 Å². The Morgan fingerprint density at radius 2 is 0.690 bits per heavy atom. The predicted octanol–water partition coefficient (Wildman–Crippen LogP) is 12.0. The Hall–Kier alpha value is -7.06. The van der Waals surface area contributed by atoms with Gasteiger partial charge in [-0.15, -0.1) is 0 Å². The van der Waals surface area contributed by atoms with Gasteiger partial charge in [0, 0.05) is 34.6 Å². The summed E-state index contributed by atoms with van der Waals surface area (Å²) in [5, 5.41) is 0. The highest BCUT2D eigenvalue weighted by Gasteiger charge is 2.32. The van der Waals surface area contributed by atoms with Gasteiger partial charge in [-0.2, -0.15) is 0 Å². The first kappa shape index (κ1) is 39.2. The van der Waals surface area contributed by atoms with Gasteiger partial charge in [-0.05, 0) is 63.8 Å². The molecule has 8 nitrogen and oxygen atoms in total. The van der Waals surface area contributed by atoms with E-state index < -0.39 is 23.4 Å². The number of ketones is 2. The number of hydrogen-bond acceptors (Lipinski definition) is 6. The smallest absolute Gasteiger partial charge is 0.419 e. The van der Waals surface area contributed by atoms with Crippen LogP contribution < -0.4 is 0 Å². The van der Waals surface area contributed by atoms with Crippen LogP contribution in [-0.4, -0.2) is 44.1 Å². The molecule has 0 aliphatic carbocycles. The van der Waals surface area contributed by atoms with Gasteiger partial charge >= 0.3 is 12.2 Å². The summed E-state index contributed by atoms with van der Waals surface area (Å²) in [4.78, 5) is 57.3. The molecule has 7 rings (SSSR count). The van der Waals surface area contributed by atoms with E-state index in [1.807, 2.05) is 72.8 Å². The van der Waals surface area contributed by atoms with Crippen molar-refractivity contribution in [3.8, 4) is 44.8 Å².